The minimum Gasteiger partial charge on any atom is -0.307 e. The van der Waals surface area contributed by atoms with Crippen molar-refractivity contribution in [3.05, 3.63) is 86.6 Å². The molecule has 1 aromatic heterocycles. The average molecular weight is 371 g/mol. The van der Waals surface area contributed by atoms with E-state index in [2.05, 4.69) is 10.4 Å². The average Bonchev–Trinajstić information content (AvgIpc) is 3.01. The van der Waals surface area contributed by atoms with Crippen LogP contribution in [0.25, 0.3) is 0 Å². The highest BCUT2D eigenvalue weighted by atomic mass is 35.5. The number of carbonyl (C=O) groups excluding carboxylic acids is 1. The molecule has 0 bridgehead atoms. The number of halogens is 1. The van der Waals surface area contributed by atoms with Gasteiger partial charge in [0.05, 0.1) is 28.3 Å². The number of hydrogen-bond acceptors (Lipinski definition) is 4. The van der Waals surface area contributed by atoms with E-state index in [-0.39, 0.29) is 16.3 Å². The van der Waals surface area contributed by atoms with Crippen molar-refractivity contribution >= 4 is 29.0 Å². The zero-order valence-electron chi connectivity index (χ0n) is 13.8. The molecule has 0 saturated heterocycles. The van der Waals surface area contributed by atoms with E-state index in [1.165, 1.54) is 12.1 Å². The maximum Gasteiger partial charge on any atom is 0.270 e. The molecule has 26 heavy (non-hydrogen) atoms. The van der Waals surface area contributed by atoms with Crippen LogP contribution >= 0.6 is 11.6 Å². The second-order valence-electron chi connectivity index (χ2n) is 5.74. The van der Waals surface area contributed by atoms with E-state index in [0.717, 1.165) is 17.2 Å². The monoisotopic (exact) mass is 370 g/mol. The number of anilines is 1. The van der Waals surface area contributed by atoms with Gasteiger partial charge in [-0.25, -0.2) is 4.68 Å². The van der Waals surface area contributed by atoms with Gasteiger partial charge in [0.2, 0.25) is 0 Å². The summed E-state index contributed by atoms with van der Waals surface area (Å²) < 4.78 is 1.64. The van der Waals surface area contributed by atoms with Crippen molar-refractivity contribution in [3.8, 4) is 0 Å². The summed E-state index contributed by atoms with van der Waals surface area (Å²) in [7, 11) is 0. The highest BCUT2D eigenvalue weighted by Crippen LogP contribution is 2.23. The number of carbonyl (C=O) groups is 1. The Morgan fingerprint density at radius 1 is 1.27 bits per heavy atom. The van der Waals surface area contributed by atoms with Crippen LogP contribution in [-0.2, 0) is 6.54 Å². The van der Waals surface area contributed by atoms with Crippen LogP contribution in [0.3, 0.4) is 0 Å². The number of nitro groups is 1. The zero-order valence-corrected chi connectivity index (χ0v) is 14.6. The smallest absolute Gasteiger partial charge is 0.270 e. The van der Waals surface area contributed by atoms with Crippen LogP contribution in [0.15, 0.2) is 54.7 Å². The topological polar surface area (TPSA) is 90.1 Å². The molecule has 0 aliphatic heterocycles. The van der Waals surface area contributed by atoms with Crippen LogP contribution < -0.4 is 5.32 Å². The number of hydrogen-bond donors (Lipinski definition) is 1. The summed E-state index contributed by atoms with van der Waals surface area (Å²) in [5, 5.41) is 18.0. The summed E-state index contributed by atoms with van der Waals surface area (Å²) in [6.45, 7) is 2.48. The molecule has 2 aromatic carbocycles. The van der Waals surface area contributed by atoms with Crippen LogP contribution in [0.2, 0.25) is 5.02 Å². The number of non-ortho nitro benzene ring substituents is 1. The van der Waals surface area contributed by atoms with Crippen molar-refractivity contribution in [2.75, 3.05) is 5.32 Å². The van der Waals surface area contributed by atoms with E-state index in [9.17, 15) is 14.9 Å². The van der Waals surface area contributed by atoms with E-state index < -0.39 is 10.8 Å². The van der Waals surface area contributed by atoms with Crippen molar-refractivity contribution in [3.63, 3.8) is 0 Å². The fraction of sp³-hybridized carbons (Fsp3) is 0.111. The van der Waals surface area contributed by atoms with Crippen molar-refractivity contribution in [1.82, 2.24) is 9.78 Å². The zero-order chi connectivity index (χ0) is 18.7. The van der Waals surface area contributed by atoms with Gasteiger partial charge in [0.15, 0.2) is 0 Å². The van der Waals surface area contributed by atoms with Crippen molar-refractivity contribution in [1.29, 1.82) is 0 Å². The normalized spacial score (nSPS) is 10.5. The molecule has 8 heteroatoms. The van der Waals surface area contributed by atoms with Gasteiger partial charge in [-0.1, -0.05) is 41.4 Å². The fourth-order valence-electron chi connectivity index (χ4n) is 2.53. The first-order valence-electron chi connectivity index (χ1n) is 7.76. The van der Waals surface area contributed by atoms with E-state index in [1.807, 2.05) is 31.2 Å². The Morgan fingerprint density at radius 2 is 2.08 bits per heavy atom. The molecule has 0 saturated carbocycles. The summed E-state index contributed by atoms with van der Waals surface area (Å²) in [5.41, 5.74) is 2.00. The van der Waals surface area contributed by atoms with Crippen LogP contribution in [0.1, 0.15) is 21.5 Å². The Morgan fingerprint density at radius 3 is 2.81 bits per heavy atom. The SMILES string of the molecule is Cc1cccc(Cn2nccc2NC(=O)c2cc([N+](=O)[O-])ccc2Cl)c1. The Labute approximate surface area is 154 Å². The second kappa shape index (κ2) is 7.37. The lowest BCUT2D eigenvalue weighted by Crippen LogP contribution is -2.17. The fourth-order valence-corrected chi connectivity index (χ4v) is 2.74. The Bertz CT molecular complexity index is 984. The number of amides is 1. The van der Waals surface area contributed by atoms with Crippen LogP contribution in [0.4, 0.5) is 11.5 Å². The van der Waals surface area contributed by atoms with Crippen LogP contribution in [0, 0.1) is 17.0 Å². The lowest BCUT2D eigenvalue weighted by molar-refractivity contribution is -0.384. The number of nitrogens with zero attached hydrogens (tertiary/aromatic N) is 3. The van der Waals surface area contributed by atoms with Gasteiger partial charge in [0.1, 0.15) is 5.82 Å². The van der Waals surface area contributed by atoms with Gasteiger partial charge in [-0.3, -0.25) is 14.9 Å². The van der Waals surface area contributed by atoms with Gasteiger partial charge in [0.25, 0.3) is 11.6 Å². The van der Waals surface area contributed by atoms with Crippen molar-refractivity contribution in [2.24, 2.45) is 0 Å². The molecule has 3 aromatic rings. The molecular formula is C18H15ClN4O3. The Balaban J connectivity index is 1.82. The predicted octanol–water partition coefficient (Wildman–Crippen LogP) is 4.05. The van der Waals surface area contributed by atoms with Gasteiger partial charge in [0, 0.05) is 18.2 Å². The third-order valence-electron chi connectivity index (χ3n) is 3.78. The molecule has 0 aliphatic rings. The van der Waals surface area contributed by atoms with E-state index >= 15 is 0 Å². The molecule has 0 spiro atoms. The summed E-state index contributed by atoms with van der Waals surface area (Å²) in [4.78, 5) is 22.8. The van der Waals surface area contributed by atoms with Crippen LogP contribution in [0.5, 0.6) is 0 Å². The number of rotatable bonds is 5. The maximum atomic E-state index is 12.5. The number of nitro benzene ring substituents is 1. The number of aryl methyl sites for hydroxylation is 1. The molecule has 1 amide bonds. The molecular weight excluding hydrogens is 356 g/mol. The maximum absolute atomic E-state index is 12.5. The quantitative estimate of drug-likeness (QED) is 0.541. The lowest BCUT2D eigenvalue weighted by Gasteiger charge is -2.10. The van der Waals surface area contributed by atoms with Gasteiger partial charge in [-0.05, 0) is 18.6 Å². The van der Waals surface area contributed by atoms with Gasteiger partial charge in [-0.15, -0.1) is 0 Å². The Hall–Kier alpha value is -3.19. The number of benzene rings is 2. The van der Waals surface area contributed by atoms with Gasteiger partial charge in [-0.2, -0.15) is 5.10 Å². The first-order valence-corrected chi connectivity index (χ1v) is 8.14. The Kier molecular flexibility index (Phi) is 4.99. The second-order valence-corrected chi connectivity index (χ2v) is 6.15. The first kappa shape index (κ1) is 17.6. The van der Waals surface area contributed by atoms with Crippen LogP contribution in [-0.4, -0.2) is 20.6 Å². The predicted molar refractivity (Wildman–Crippen MR) is 98.6 cm³/mol. The third kappa shape index (κ3) is 3.89. The van der Waals surface area contributed by atoms with Crippen molar-refractivity contribution < 1.29 is 9.72 Å². The lowest BCUT2D eigenvalue weighted by atomic mass is 10.1. The number of nitrogens with one attached hydrogen (secondary N) is 1. The van der Waals surface area contributed by atoms with E-state index in [4.69, 9.17) is 11.6 Å². The molecule has 0 atom stereocenters. The molecule has 7 nitrogen and oxygen atoms in total. The molecule has 0 unspecified atom stereocenters. The molecule has 1 N–H and O–H groups in total. The molecule has 132 valence electrons. The minimum absolute atomic E-state index is 0.0316. The molecule has 3 rings (SSSR count). The van der Waals surface area contributed by atoms with E-state index in [0.29, 0.717) is 12.4 Å². The standard InChI is InChI=1S/C18H15ClN4O3/c1-12-3-2-4-13(9-12)11-22-17(7-8-20-22)21-18(24)15-10-14(23(25)26)5-6-16(15)19/h2-10H,11H2,1H3,(H,21,24). The summed E-state index contributed by atoms with van der Waals surface area (Å²) in [5.74, 6) is -0.0660. The van der Waals surface area contributed by atoms with Crippen molar-refractivity contribution in [2.45, 2.75) is 13.5 Å². The van der Waals surface area contributed by atoms with Gasteiger partial charge < -0.3 is 5.32 Å². The van der Waals surface area contributed by atoms with Gasteiger partial charge >= 0.3 is 0 Å². The molecule has 1 heterocycles. The molecule has 0 fully saturated rings. The summed E-state index contributed by atoms with van der Waals surface area (Å²) in [6.07, 6.45) is 1.57. The highest BCUT2D eigenvalue weighted by molar-refractivity contribution is 6.34. The first-order chi connectivity index (χ1) is 12.4. The summed E-state index contributed by atoms with van der Waals surface area (Å²) >= 11 is 6.02. The largest absolute Gasteiger partial charge is 0.307 e. The number of aromatic nitrogens is 2. The molecule has 0 radical (unpaired) electrons. The molecule has 0 aliphatic carbocycles. The highest BCUT2D eigenvalue weighted by Gasteiger charge is 2.17. The summed E-state index contributed by atoms with van der Waals surface area (Å²) in [6, 6.07) is 13.3. The third-order valence-corrected chi connectivity index (χ3v) is 4.11. The minimum atomic E-state index is -0.574. The van der Waals surface area contributed by atoms with E-state index in [1.54, 1.807) is 16.9 Å².